The van der Waals surface area contributed by atoms with Gasteiger partial charge in [0, 0.05) is 31.4 Å². The average Bonchev–Trinajstić information content (AvgIpc) is 3.00. The molecule has 0 saturated heterocycles. The Bertz CT molecular complexity index is 844. The molecule has 1 atom stereocenters. The predicted molar refractivity (Wildman–Crippen MR) is 90.4 cm³/mol. The van der Waals surface area contributed by atoms with Gasteiger partial charge in [-0.15, -0.1) is 0 Å². The zero-order valence-electron chi connectivity index (χ0n) is 13.1. The molecule has 0 saturated carbocycles. The zero-order chi connectivity index (χ0) is 16.9. The largest absolute Gasteiger partial charge is 0.394 e. The molecule has 1 aromatic carbocycles. The normalized spacial score (nSPS) is 12.8. The van der Waals surface area contributed by atoms with Crippen LogP contribution in [0.5, 0.6) is 0 Å². The molecule has 0 amide bonds. The molecule has 3 aromatic rings. The molecule has 3 rings (SSSR count). The van der Waals surface area contributed by atoms with Gasteiger partial charge in [-0.1, -0.05) is 30.3 Å². The topological polar surface area (TPSA) is 105 Å². The Morgan fingerprint density at radius 3 is 2.71 bits per heavy atom. The Morgan fingerprint density at radius 1 is 1.17 bits per heavy atom. The summed E-state index contributed by atoms with van der Waals surface area (Å²) < 4.78 is 0. The molecule has 7 heteroatoms. The van der Waals surface area contributed by atoms with Gasteiger partial charge in [0.05, 0.1) is 24.6 Å². The summed E-state index contributed by atoms with van der Waals surface area (Å²) in [5, 5.41) is 19.0. The smallest absolute Gasteiger partial charge is 0.275 e. The van der Waals surface area contributed by atoms with Crippen LogP contribution in [0.15, 0.2) is 47.7 Å². The Labute approximate surface area is 138 Å². The summed E-state index contributed by atoms with van der Waals surface area (Å²) in [4.78, 5) is 23.5. The van der Waals surface area contributed by atoms with E-state index < -0.39 is 6.10 Å². The van der Waals surface area contributed by atoms with Crippen molar-refractivity contribution >= 4 is 11.0 Å². The summed E-state index contributed by atoms with van der Waals surface area (Å²) in [5.74, 6) is 0. The first-order valence-electron chi connectivity index (χ1n) is 7.76. The van der Waals surface area contributed by atoms with E-state index in [4.69, 9.17) is 5.11 Å². The number of aliphatic hydroxyl groups excluding tert-OH is 2. The number of fused-ring (bicyclic) bond motifs is 1. The Morgan fingerprint density at radius 2 is 1.96 bits per heavy atom. The number of nitrogens with zero attached hydrogens (tertiary/aromatic N) is 2. The van der Waals surface area contributed by atoms with Gasteiger partial charge in [0.1, 0.15) is 5.52 Å². The first-order valence-corrected chi connectivity index (χ1v) is 7.76. The van der Waals surface area contributed by atoms with Crippen molar-refractivity contribution in [3.63, 3.8) is 0 Å². The van der Waals surface area contributed by atoms with Crippen LogP contribution in [0.1, 0.15) is 11.1 Å². The third-order valence-corrected chi connectivity index (χ3v) is 3.87. The van der Waals surface area contributed by atoms with Gasteiger partial charge in [0.15, 0.2) is 0 Å². The molecule has 0 fully saturated rings. The molecule has 4 N–H and O–H groups in total. The van der Waals surface area contributed by atoms with Crippen LogP contribution in [0, 0.1) is 0 Å². The predicted octanol–water partition coefficient (Wildman–Crippen LogP) is 0.607. The van der Waals surface area contributed by atoms with Gasteiger partial charge in [-0.2, -0.15) is 0 Å². The summed E-state index contributed by atoms with van der Waals surface area (Å²) in [6.07, 6.45) is 2.32. The summed E-state index contributed by atoms with van der Waals surface area (Å²) in [6, 6.07) is 9.89. The van der Waals surface area contributed by atoms with E-state index in [9.17, 15) is 9.90 Å². The minimum Gasteiger partial charge on any atom is -0.394 e. The molecule has 0 bridgehead atoms. The van der Waals surface area contributed by atoms with E-state index in [1.807, 2.05) is 35.2 Å². The number of aromatic nitrogens is 3. The standard InChI is InChI=1S/C17H20N4O3/c22-10-14(23)9-21(7-12-4-2-1-3-5-12)8-13-6-18-16-15(13)19-11-20-17(16)24/h1-6,11,14,18,22-23H,7-10H2,(H,19,20,24)/t14-/m1/s1. The van der Waals surface area contributed by atoms with Crippen LogP contribution in [0.25, 0.3) is 11.0 Å². The van der Waals surface area contributed by atoms with Crippen molar-refractivity contribution in [2.75, 3.05) is 13.2 Å². The maximum atomic E-state index is 11.8. The second-order valence-corrected chi connectivity index (χ2v) is 5.76. The van der Waals surface area contributed by atoms with Crippen LogP contribution in [-0.4, -0.2) is 49.3 Å². The fourth-order valence-electron chi connectivity index (χ4n) is 2.75. The molecule has 24 heavy (non-hydrogen) atoms. The number of rotatable bonds is 7. The fraction of sp³-hybridized carbons (Fsp3) is 0.294. The first kappa shape index (κ1) is 16.4. The number of hydrogen-bond acceptors (Lipinski definition) is 5. The van der Waals surface area contributed by atoms with E-state index in [1.165, 1.54) is 6.33 Å². The van der Waals surface area contributed by atoms with E-state index >= 15 is 0 Å². The summed E-state index contributed by atoms with van der Waals surface area (Å²) in [7, 11) is 0. The lowest BCUT2D eigenvalue weighted by atomic mass is 10.2. The van der Waals surface area contributed by atoms with Crippen LogP contribution in [0.2, 0.25) is 0 Å². The minimum absolute atomic E-state index is 0.212. The maximum Gasteiger partial charge on any atom is 0.275 e. The molecular formula is C17H20N4O3. The van der Waals surface area contributed by atoms with Gasteiger partial charge in [0.25, 0.3) is 5.56 Å². The molecular weight excluding hydrogens is 308 g/mol. The van der Waals surface area contributed by atoms with Crippen LogP contribution in [0.4, 0.5) is 0 Å². The van der Waals surface area contributed by atoms with Crippen LogP contribution in [-0.2, 0) is 13.1 Å². The van der Waals surface area contributed by atoms with Crippen molar-refractivity contribution in [1.29, 1.82) is 0 Å². The quantitative estimate of drug-likeness (QED) is 0.508. The molecule has 126 valence electrons. The van der Waals surface area contributed by atoms with Crippen molar-refractivity contribution in [2.24, 2.45) is 0 Å². The molecule has 0 spiro atoms. The number of H-pyrrole nitrogens is 2. The van der Waals surface area contributed by atoms with Crippen LogP contribution < -0.4 is 5.56 Å². The molecule has 0 unspecified atom stereocenters. The summed E-state index contributed by atoms with van der Waals surface area (Å²) >= 11 is 0. The van der Waals surface area contributed by atoms with Gasteiger partial charge in [-0.25, -0.2) is 4.98 Å². The fourth-order valence-corrected chi connectivity index (χ4v) is 2.75. The second kappa shape index (κ2) is 7.39. The Hall–Kier alpha value is -2.48. The highest BCUT2D eigenvalue weighted by Crippen LogP contribution is 2.16. The van der Waals surface area contributed by atoms with E-state index in [1.54, 1.807) is 6.20 Å². The number of aliphatic hydroxyl groups is 2. The number of benzene rings is 1. The zero-order valence-corrected chi connectivity index (χ0v) is 13.1. The van der Waals surface area contributed by atoms with Gasteiger partial charge < -0.3 is 20.2 Å². The summed E-state index contributed by atoms with van der Waals surface area (Å²) in [5.41, 5.74) is 2.83. The molecule has 0 aliphatic carbocycles. The highest BCUT2D eigenvalue weighted by molar-refractivity contribution is 5.77. The highest BCUT2D eigenvalue weighted by Gasteiger charge is 2.15. The van der Waals surface area contributed by atoms with Crippen LogP contribution >= 0.6 is 0 Å². The number of nitrogens with one attached hydrogen (secondary N) is 2. The van der Waals surface area contributed by atoms with E-state index in [2.05, 4.69) is 15.0 Å². The molecule has 0 radical (unpaired) electrons. The van der Waals surface area contributed by atoms with E-state index in [0.29, 0.717) is 30.7 Å². The van der Waals surface area contributed by atoms with E-state index in [-0.39, 0.29) is 12.2 Å². The van der Waals surface area contributed by atoms with Crippen molar-refractivity contribution in [2.45, 2.75) is 19.2 Å². The SMILES string of the molecule is O=c1[nH]cnc2c(CN(Cc3ccccc3)C[C@@H](O)CO)c[nH]c12. The lowest BCUT2D eigenvalue weighted by Crippen LogP contribution is -2.33. The van der Waals surface area contributed by atoms with Crippen molar-refractivity contribution < 1.29 is 10.2 Å². The highest BCUT2D eigenvalue weighted by atomic mass is 16.3. The number of aromatic amines is 2. The van der Waals surface area contributed by atoms with Gasteiger partial charge in [-0.05, 0) is 5.56 Å². The van der Waals surface area contributed by atoms with E-state index in [0.717, 1.165) is 11.1 Å². The molecule has 2 aromatic heterocycles. The third-order valence-electron chi connectivity index (χ3n) is 3.87. The monoisotopic (exact) mass is 328 g/mol. The Kier molecular flexibility index (Phi) is 5.05. The Balaban J connectivity index is 1.84. The van der Waals surface area contributed by atoms with Gasteiger partial charge in [-0.3, -0.25) is 9.69 Å². The maximum absolute atomic E-state index is 11.8. The summed E-state index contributed by atoms with van der Waals surface area (Å²) in [6.45, 7) is 1.15. The number of hydrogen-bond donors (Lipinski definition) is 4. The van der Waals surface area contributed by atoms with Crippen molar-refractivity contribution in [3.05, 3.63) is 64.3 Å². The molecule has 0 aliphatic rings. The lowest BCUT2D eigenvalue weighted by Gasteiger charge is -2.24. The minimum atomic E-state index is -0.824. The molecule has 0 aliphatic heterocycles. The van der Waals surface area contributed by atoms with Crippen molar-refractivity contribution in [1.82, 2.24) is 19.9 Å². The van der Waals surface area contributed by atoms with Crippen LogP contribution in [0.3, 0.4) is 0 Å². The van der Waals surface area contributed by atoms with Crippen molar-refractivity contribution in [3.8, 4) is 0 Å². The molecule has 7 nitrogen and oxygen atoms in total. The van der Waals surface area contributed by atoms with Gasteiger partial charge in [0.2, 0.25) is 0 Å². The average molecular weight is 328 g/mol. The lowest BCUT2D eigenvalue weighted by molar-refractivity contribution is 0.0543. The second-order valence-electron chi connectivity index (χ2n) is 5.76. The first-order chi connectivity index (χ1) is 11.7. The van der Waals surface area contributed by atoms with Gasteiger partial charge >= 0.3 is 0 Å². The molecule has 2 heterocycles. The third kappa shape index (κ3) is 3.70.